The first kappa shape index (κ1) is 20.7. The minimum atomic E-state index is -0.241. The molecule has 0 spiro atoms. The topological polar surface area (TPSA) is 24.9 Å². The molecule has 2 heterocycles. The molecule has 1 aromatic carbocycles. The van der Waals surface area contributed by atoms with Gasteiger partial charge in [0.05, 0.1) is 0 Å². The molecule has 2 fully saturated rings. The summed E-state index contributed by atoms with van der Waals surface area (Å²) in [4.78, 5) is 4.54. The molecule has 2 aliphatic rings. The second-order valence-electron chi connectivity index (χ2n) is 7.04. The third-order valence-electron chi connectivity index (χ3n) is 4.39. The van der Waals surface area contributed by atoms with E-state index in [2.05, 4.69) is 47.9 Å². The SMILES string of the molecule is CC1(C)COB(c2ccc(N3CCN(C([S-])[S-])CC3)cc2)OC1.[Au]. The van der Waals surface area contributed by atoms with Crippen LogP contribution in [0.1, 0.15) is 13.8 Å². The van der Waals surface area contributed by atoms with Crippen LogP contribution in [0.3, 0.4) is 0 Å². The van der Waals surface area contributed by atoms with Crippen LogP contribution in [0, 0.1) is 5.41 Å². The van der Waals surface area contributed by atoms with Gasteiger partial charge < -0.3 is 44.4 Å². The Labute approximate surface area is 172 Å². The maximum atomic E-state index is 5.84. The Balaban J connectivity index is 0.00000208. The zero-order chi connectivity index (χ0) is 16.4. The number of anilines is 1. The Morgan fingerprint density at radius 1 is 1.00 bits per heavy atom. The number of hydrogen-bond donors (Lipinski definition) is 0. The van der Waals surface area contributed by atoms with Gasteiger partial charge in [-0.3, -0.25) is 0 Å². The molecule has 1 radical (unpaired) electrons. The van der Waals surface area contributed by atoms with Crippen molar-refractivity contribution in [2.45, 2.75) is 18.6 Å². The van der Waals surface area contributed by atoms with Crippen molar-refractivity contribution < 1.29 is 31.7 Å². The Hall–Kier alpha value is 0.405. The van der Waals surface area contributed by atoms with Gasteiger partial charge in [0.15, 0.2) is 0 Å². The molecule has 0 N–H and O–H groups in total. The van der Waals surface area contributed by atoms with E-state index in [0.29, 0.717) is 0 Å². The number of hydrogen-bond acceptors (Lipinski definition) is 6. The molecule has 137 valence electrons. The smallest absolute Gasteiger partial charge is 0.493 e. The van der Waals surface area contributed by atoms with Crippen molar-refractivity contribution in [3.05, 3.63) is 24.3 Å². The molecular weight excluding hydrogens is 524 g/mol. The fourth-order valence-corrected chi connectivity index (χ4v) is 3.34. The van der Waals surface area contributed by atoms with Gasteiger partial charge in [-0.1, -0.05) is 26.0 Å². The van der Waals surface area contributed by atoms with Crippen LogP contribution in [0.5, 0.6) is 0 Å². The monoisotopic (exact) mass is 547 g/mol. The van der Waals surface area contributed by atoms with Gasteiger partial charge in [0.2, 0.25) is 0 Å². The average molecular weight is 547 g/mol. The molecule has 4 nitrogen and oxygen atoms in total. The fraction of sp³-hybridized carbons (Fsp3) is 0.625. The molecule has 1 aromatic rings. The van der Waals surface area contributed by atoms with Gasteiger partial charge in [-0.15, -0.1) is 0 Å². The molecule has 0 saturated carbocycles. The van der Waals surface area contributed by atoms with Crippen molar-refractivity contribution >= 4 is 43.5 Å². The van der Waals surface area contributed by atoms with Crippen LogP contribution < -0.4 is 10.4 Å². The first-order chi connectivity index (χ1) is 10.9. The van der Waals surface area contributed by atoms with Gasteiger partial charge >= 0.3 is 7.12 Å². The third-order valence-corrected chi connectivity index (χ3v) is 4.99. The quantitative estimate of drug-likeness (QED) is 0.413. The molecule has 0 unspecified atom stereocenters. The fourth-order valence-electron chi connectivity index (χ4n) is 2.92. The van der Waals surface area contributed by atoms with Crippen LogP contribution in [0.15, 0.2) is 24.3 Å². The van der Waals surface area contributed by atoms with E-state index in [4.69, 9.17) is 34.6 Å². The van der Waals surface area contributed by atoms with Crippen LogP contribution in [0.25, 0.3) is 0 Å². The van der Waals surface area contributed by atoms with Crippen molar-refractivity contribution in [3.63, 3.8) is 0 Å². The summed E-state index contributed by atoms with van der Waals surface area (Å²) in [5.41, 5.74) is 2.41. The van der Waals surface area contributed by atoms with Crippen LogP contribution in [0.4, 0.5) is 5.69 Å². The molecule has 0 bridgehead atoms. The van der Waals surface area contributed by atoms with Crippen LogP contribution in [0.2, 0.25) is 0 Å². The zero-order valence-electron chi connectivity index (χ0n) is 14.0. The standard InChI is InChI=1S/C16H25BN2O2S2.Au/c1-16(2)11-20-17(21-12-16)13-3-5-14(6-4-13)18-7-9-19(10-8-18)15(22)23;/h3-6,15,22-23H,7-12H2,1-2H3;/p-2. The summed E-state index contributed by atoms with van der Waals surface area (Å²) in [6.07, 6.45) is 0. The van der Waals surface area contributed by atoms with E-state index in [9.17, 15) is 0 Å². The molecule has 2 saturated heterocycles. The van der Waals surface area contributed by atoms with Crippen LogP contribution >= 0.6 is 0 Å². The Morgan fingerprint density at radius 2 is 1.54 bits per heavy atom. The predicted molar refractivity (Wildman–Crippen MR) is 99.8 cm³/mol. The molecule has 0 aliphatic carbocycles. The maximum absolute atomic E-state index is 5.84. The van der Waals surface area contributed by atoms with Gasteiger partial charge in [0.25, 0.3) is 0 Å². The van der Waals surface area contributed by atoms with Crippen molar-refractivity contribution in [2.75, 3.05) is 44.3 Å². The normalized spacial score (nSPS) is 21.7. The summed E-state index contributed by atoms with van der Waals surface area (Å²) in [6.45, 7) is 9.56. The molecule has 0 aromatic heterocycles. The van der Waals surface area contributed by atoms with Gasteiger partial charge in [0, 0.05) is 72.9 Å². The van der Waals surface area contributed by atoms with Gasteiger partial charge in [-0.25, -0.2) is 4.71 Å². The largest absolute Gasteiger partial charge is 0.800 e. The summed E-state index contributed by atoms with van der Waals surface area (Å²) >= 11 is 10.3. The first-order valence-corrected chi connectivity index (χ1v) is 9.03. The van der Waals surface area contributed by atoms with E-state index in [0.717, 1.165) is 44.9 Å². The third kappa shape index (κ3) is 5.21. The van der Waals surface area contributed by atoms with E-state index in [-0.39, 0.29) is 39.6 Å². The van der Waals surface area contributed by atoms with E-state index in [1.54, 1.807) is 0 Å². The molecule has 3 rings (SSSR count). The summed E-state index contributed by atoms with van der Waals surface area (Å²) in [5.74, 6) is 0. The van der Waals surface area contributed by atoms with Crippen molar-refractivity contribution in [1.29, 1.82) is 0 Å². The van der Waals surface area contributed by atoms with E-state index >= 15 is 0 Å². The summed E-state index contributed by atoms with van der Waals surface area (Å²) in [7, 11) is -0.241. The van der Waals surface area contributed by atoms with E-state index < -0.39 is 0 Å². The van der Waals surface area contributed by atoms with Gasteiger partial charge in [0.1, 0.15) is 0 Å². The van der Waals surface area contributed by atoms with Gasteiger partial charge in [-0.05, 0) is 17.6 Å². The number of benzene rings is 1. The average Bonchev–Trinajstić information content (AvgIpc) is 2.55. The van der Waals surface area contributed by atoms with Gasteiger partial charge in [-0.2, -0.15) is 0 Å². The minimum Gasteiger partial charge on any atom is -0.800 e. The Kier molecular flexibility index (Phi) is 7.65. The Morgan fingerprint density at radius 3 is 2.04 bits per heavy atom. The molecule has 24 heavy (non-hydrogen) atoms. The van der Waals surface area contributed by atoms with Crippen molar-refractivity contribution in [2.24, 2.45) is 5.41 Å². The second kappa shape index (κ2) is 8.87. The molecule has 0 amide bonds. The molecule has 8 heteroatoms. The molecular formula is C16H23AuBN2O2S2-2. The number of nitrogens with zero attached hydrogens (tertiary/aromatic N) is 2. The van der Waals surface area contributed by atoms with E-state index in [1.165, 1.54) is 5.69 Å². The minimum absolute atomic E-state index is 0. The van der Waals surface area contributed by atoms with Crippen LogP contribution in [-0.4, -0.2) is 56.1 Å². The number of piperazine rings is 1. The zero-order valence-corrected chi connectivity index (χ0v) is 17.8. The summed E-state index contributed by atoms with van der Waals surface area (Å²) < 4.78 is 11.5. The van der Waals surface area contributed by atoms with Crippen molar-refractivity contribution in [3.8, 4) is 0 Å². The van der Waals surface area contributed by atoms with Crippen molar-refractivity contribution in [1.82, 2.24) is 4.90 Å². The van der Waals surface area contributed by atoms with E-state index in [1.807, 2.05) is 0 Å². The van der Waals surface area contributed by atoms with Crippen LogP contribution in [-0.2, 0) is 56.9 Å². The second-order valence-corrected chi connectivity index (χ2v) is 8.23. The maximum Gasteiger partial charge on any atom is 0.493 e. The summed E-state index contributed by atoms with van der Waals surface area (Å²) in [6, 6.07) is 8.51. The summed E-state index contributed by atoms with van der Waals surface area (Å²) in [5, 5.41) is 0. The Bertz CT molecular complexity index is 515. The first-order valence-electron chi connectivity index (χ1n) is 8.08. The molecule has 0 atom stereocenters. The predicted octanol–water partition coefficient (Wildman–Crippen LogP) is 0.952. The number of rotatable bonds is 3. The molecule has 2 aliphatic heterocycles.